The third kappa shape index (κ3) is 4.36. The Bertz CT molecular complexity index is 708. The molecule has 2 N–H and O–H groups in total. The van der Waals surface area contributed by atoms with Crippen LogP contribution in [0.2, 0.25) is 5.02 Å². The molecule has 2 atom stereocenters. The molecule has 0 saturated heterocycles. The van der Waals surface area contributed by atoms with Crippen LogP contribution in [0.4, 0.5) is 0 Å². The molecule has 5 nitrogen and oxygen atoms in total. The Morgan fingerprint density at radius 3 is 2.42 bits per heavy atom. The molecule has 0 radical (unpaired) electrons. The fourth-order valence-corrected chi connectivity index (χ4v) is 2.78. The van der Waals surface area contributed by atoms with Crippen LogP contribution in [-0.4, -0.2) is 33.4 Å². The minimum atomic E-state index is -0.358. The molecule has 0 bridgehead atoms. The summed E-state index contributed by atoms with van der Waals surface area (Å²) < 4.78 is 1.77. The largest absolute Gasteiger partial charge is 0.393 e. The number of aryl methyl sites for hydroxylation is 1. The zero-order valence-electron chi connectivity index (χ0n) is 14.5. The average Bonchev–Trinajstić information content (AvgIpc) is 2.79. The fourth-order valence-electron chi connectivity index (χ4n) is 2.66. The van der Waals surface area contributed by atoms with Gasteiger partial charge in [-0.3, -0.25) is 4.79 Å². The number of nitrogens with one attached hydrogen (secondary N) is 1. The number of nitrogens with zero attached hydrogens (tertiary/aromatic N) is 2. The Labute approximate surface area is 147 Å². The molecule has 0 aliphatic carbocycles. The lowest BCUT2D eigenvalue weighted by atomic mass is 10.0. The van der Waals surface area contributed by atoms with Crippen molar-refractivity contribution in [3.63, 3.8) is 0 Å². The summed E-state index contributed by atoms with van der Waals surface area (Å²) in [4.78, 5) is 12.2. The molecule has 2 unspecified atom stereocenters. The van der Waals surface area contributed by atoms with Crippen molar-refractivity contribution in [1.29, 1.82) is 0 Å². The van der Waals surface area contributed by atoms with Gasteiger partial charge in [-0.05, 0) is 57.4 Å². The summed E-state index contributed by atoms with van der Waals surface area (Å²) in [6.45, 7) is 8.07. The standard InChI is InChI=1S/C18H24ClN3O2/c1-11(9-12(2)23)10-20-18(24)15-5-7-16(8-6-15)22-14(4)17(19)13(3)21-22/h5-8,11-12,23H,9-10H2,1-4H3,(H,20,24). The first-order valence-corrected chi connectivity index (χ1v) is 8.45. The highest BCUT2D eigenvalue weighted by Gasteiger charge is 2.12. The molecule has 1 aromatic heterocycles. The highest BCUT2D eigenvalue weighted by molar-refractivity contribution is 6.31. The second kappa shape index (κ2) is 7.81. The molecular formula is C18H24ClN3O2. The van der Waals surface area contributed by atoms with Gasteiger partial charge in [0.15, 0.2) is 0 Å². The number of hydrogen-bond donors (Lipinski definition) is 2. The zero-order valence-corrected chi connectivity index (χ0v) is 15.3. The number of aromatic nitrogens is 2. The molecule has 1 amide bonds. The van der Waals surface area contributed by atoms with Gasteiger partial charge < -0.3 is 10.4 Å². The first-order chi connectivity index (χ1) is 11.3. The van der Waals surface area contributed by atoms with Crippen molar-refractivity contribution in [2.75, 3.05) is 6.54 Å². The minimum absolute atomic E-state index is 0.120. The van der Waals surface area contributed by atoms with Crippen LogP contribution in [0.15, 0.2) is 24.3 Å². The molecular weight excluding hydrogens is 326 g/mol. The fraction of sp³-hybridized carbons (Fsp3) is 0.444. The summed E-state index contributed by atoms with van der Waals surface area (Å²) in [5, 5.41) is 17.3. The van der Waals surface area contributed by atoms with Crippen molar-refractivity contribution in [1.82, 2.24) is 15.1 Å². The van der Waals surface area contributed by atoms with Gasteiger partial charge in [-0.15, -0.1) is 0 Å². The molecule has 0 saturated carbocycles. The van der Waals surface area contributed by atoms with Crippen LogP contribution in [0.1, 0.15) is 42.0 Å². The van der Waals surface area contributed by atoms with E-state index < -0.39 is 0 Å². The van der Waals surface area contributed by atoms with Crippen molar-refractivity contribution < 1.29 is 9.90 Å². The summed E-state index contributed by atoms with van der Waals surface area (Å²) in [7, 11) is 0. The molecule has 0 spiro atoms. The van der Waals surface area contributed by atoms with Crippen molar-refractivity contribution >= 4 is 17.5 Å². The SMILES string of the molecule is Cc1nn(-c2ccc(C(=O)NCC(C)CC(C)O)cc2)c(C)c1Cl. The second-order valence-electron chi connectivity index (χ2n) is 6.34. The first kappa shape index (κ1) is 18.5. The lowest BCUT2D eigenvalue weighted by Gasteiger charge is -2.14. The normalized spacial score (nSPS) is 13.6. The van der Waals surface area contributed by atoms with E-state index in [1.807, 2.05) is 32.9 Å². The van der Waals surface area contributed by atoms with Gasteiger partial charge in [0.25, 0.3) is 5.91 Å². The molecule has 24 heavy (non-hydrogen) atoms. The maximum Gasteiger partial charge on any atom is 0.251 e. The summed E-state index contributed by atoms with van der Waals surface area (Å²) in [6.07, 6.45) is 0.307. The Kier molecular flexibility index (Phi) is 6.02. The lowest BCUT2D eigenvalue weighted by Crippen LogP contribution is -2.29. The average molecular weight is 350 g/mol. The first-order valence-electron chi connectivity index (χ1n) is 8.08. The molecule has 1 aromatic carbocycles. The third-order valence-corrected chi connectivity index (χ3v) is 4.48. The predicted octanol–water partition coefficient (Wildman–Crippen LogP) is 3.28. The van der Waals surface area contributed by atoms with Crippen molar-refractivity contribution in [3.8, 4) is 5.69 Å². The highest BCUT2D eigenvalue weighted by Crippen LogP contribution is 2.22. The number of carbonyl (C=O) groups excluding carboxylic acids is 1. The van der Waals surface area contributed by atoms with Crippen LogP contribution in [0.5, 0.6) is 0 Å². The maximum atomic E-state index is 12.2. The van der Waals surface area contributed by atoms with Crippen molar-refractivity contribution in [2.45, 2.75) is 40.2 Å². The van der Waals surface area contributed by atoms with Gasteiger partial charge in [0.05, 0.1) is 28.2 Å². The van der Waals surface area contributed by atoms with E-state index in [-0.39, 0.29) is 17.9 Å². The summed E-state index contributed by atoms with van der Waals surface area (Å²) in [5.74, 6) is 0.107. The molecule has 1 heterocycles. The van der Waals surface area contributed by atoms with Crippen LogP contribution < -0.4 is 5.32 Å². The maximum absolute atomic E-state index is 12.2. The number of benzene rings is 1. The van der Waals surface area contributed by atoms with E-state index in [4.69, 9.17) is 11.6 Å². The molecule has 2 aromatic rings. The van der Waals surface area contributed by atoms with E-state index in [0.29, 0.717) is 23.6 Å². The van der Waals surface area contributed by atoms with Crippen molar-refractivity contribution in [3.05, 3.63) is 46.2 Å². The van der Waals surface area contributed by atoms with E-state index in [1.165, 1.54) is 0 Å². The Morgan fingerprint density at radius 2 is 1.92 bits per heavy atom. The third-order valence-electron chi connectivity index (χ3n) is 3.93. The second-order valence-corrected chi connectivity index (χ2v) is 6.72. The van der Waals surface area contributed by atoms with Crippen LogP contribution in [0.25, 0.3) is 5.69 Å². The number of hydrogen-bond acceptors (Lipinski definition) is 3. The monoisotopic (exact) mass is 349 g/mol. The quantitative estimate of drug-likeness (QED) is 0.841. The van der Waals surface area contributed by atoms with Crippen molar-refractivity contribution in [2.24, 2.45) is 5.92 Å². The Balaban J connectivity index is 2.03. The minimum Gasteiger partial charge on any atom is -0.393 e. The number of carbonyl (C=O) groups is 1. The zero-order chi connectivity index (χ0) is 17.9. The molecule has 0 fully saturated rings. The van der Waals surface area contributed by atoms with Gasteiger partial charge in [-0.25, -0.2) is 4.68 Å². The Morgan fingerprint density at radius 1 is 1.29 bits per heavy atom. The predicted molar refractivity (Wildman–Crippen MR) is 95.8 cm³/mol. The van der Waals surface area contributed by atoms with E-state index >= 15 is 0 Å². The lowest BCUT2D eigenvalue weighted by molar-refractivity contribution is 0.0939. The van der Waals surface area contributed by atoms with Crippen LogP contribution >= 0.6 is 11.6 Å². The van der Waals surface area contributed by atoms with Gasteiger partial charge in [0.1, 0.15) is 0 Å². The number of aliphatic hydroxyl groups excluding tert-OH is 1. The van der Waals surface area contributed by atoms with Gasteiger partial charge in [-0.1, -0.05) is 18.5 Å². The number of halogens is 1. The number of aliphatic hydroxyl groups is 1. The van der Waals surface area contributed by atoms with Crippen LogP contribution in [0, 0.1) is 19.8 Å². The molecule has 0 aliphatic heterocycles. The molecule has 6 heteroatoms. The molecule has 2 rings (SSSR count). The van der Waals surface area contributed by atoms with Gasteiger partial charge >= 0.3 is 0 Å². The summed E-state index contributed by atoms with van der Waals surface area (Å²) >= 11 is 6.17. The van der Waals surface area contributed by atoms with Crippen LogP contribution in [-0.2, 0) is 0 Å². The highest BCUT2D eigenvalue weighted by atomic mass is 35.5. The van der Waals surface area contributed by atoms with Gasteiger partial charge in [0.2, 0.25) is 0 Å². The molecule has 0 aliphatic rings. The van der Waals surface area contributed by atoms with Gasteiger partial charge in [0, 0.05) is 12.1 Å². The topological polar surface area (TPSA) is 67.2 Å². The Hall–Kier alpha value is -1.85. The summed E-state index contributed by atoms with van der Waals surface area (Å²) in [5.41, 5.74) is 3.11. The van der Waals surface area contributed by atoms with E-state index in [0.717, 1.165) is 17.1 Å². The number of amides is 1. The van der Waals surface area contributed by atoms with E-state index in [2.05, 4.69) is 10.4 Å². The van der Waals surface area contributed by atoms with Gasteiger partial charge in [-0.2, -0.15) is 5.10 Å². The van der Waals surface area contributed by atoms with E-state index in [1.54, 1.807) is 23.7 Å². The smallest absolute Gasteiger partial charge is 0.251 e. The van der Waals surface area contributed by atoms with Crippen LogP contribution in [0.3, 0.4) is 0 Å². The summed E-state index contributed by atoms with van der Waals surface area (Å²) in [6, 6.07) is 7.25. The number of rotatable bonds is 6. The molecule has 130 valence electrons. The van der Waals surface area contributed by atoms with E-state index in [9.17, 15) is 9.90 Å².